The number of nitrogens with one attached hydrogen (secondary N) is 1. The molecular formula is C26H25N3O4. The maximum absolute atomic E-state index is 13.4. The van der Waals surface area contributed by atoms with E-state index in [4.69, 9.17) is 9.72 Å². The van der Waals surface area contributed by atoms with E-state index in [0.29, 0.717) is 35.5 Å². The zero-order chi connectivity index (χ0) is 23.2. The van der Waals surface area contributed by atoms with Gasteiger partial charge in [-0.3, -0.25) is 4.79 Å². The second-order valence-electron chi connectivity index (χ2n) is 8.34. The number of ether oxygens (including phenoxy) is 1. The standard InChI is InChI=1S/C26H25N3O4/c1-3-26(32)20-13-22-23-18(14-29(22)24(30)19(20)15-33-25(26)31)16(9-7-8-12-27-4-2)17-10-5-6-11-21(17)28-23/h5-6,10-11,13,27,32H,3-4,8,12,14-15H2,1-2H3/t26-/m0/s1. The molecule has 7 heteroatoms. The molecule has 0 aliphatic carbocycles. The van der Waals surface area contributed by atoms with Crippen LogP contribution in [0.4, 0.5) is 0 Å². The van der Waals surface area contributed by atoms with Crippen LogP contribution in [0.5, 0.6) is 0 Å². The van der Waals surface area contributed by atoms with Crippen molar-refractivity contribution in [3.05, 3.63) is 62.9 Å². The number of carbonyl (C=O) groups excluding carboxylic acids is 1. The Bertz CT molecular complexity index is 1410. The number of benzene rings is 1. The van der Waals surface area contributed by atoms with Gasteiger partial charge in [0.25, 0.3) is 5.56 Å². The number of hydrogen-bond acceptors (Lipinski definition) is 6. The maximum atomic E-state index is 13.4. The first-order chi connectivity index (χ1) is 16.0. The molecule has 0 saturated carbocycles. The second kappa shape index (κ2) is 8.14. The molecule has 3 aromatic rings. The third kappa shape index (κ3) is 3.26. The van der Waals surface area contributed by atoms with E-state index in [1.54, 1.807) is 17.6 Å². The fourth-order valence-electron chi connectivity index (χ4n) is 4.65. The van der Waals surface area contributed by atoms with E-state index in [-0.39, 0.29) is 18.6 Å². The molecule has 4 heterocycles. The third-order valence-electron chi connectivity index (χ3n) is 6.49. The van der Waals surface area contributed by atoms with Crippen LogP contribution in [0.3, 0.4) is 0 Å². The molecule has 0 fully saturated rings. The predicted octanol–water partition coefficient (Wildman–Crippen LogP) is 2.43. The lowest BCUT2D eigenvalue weighted by Crippen LogP contribution is -2.44. The maximum Gasteiger partial charge on any atom is 0.343 e. The van der Waals surface area contributed by atoms with Crippen LogP contribution < -0.4 is 10.9 Å². The summed E-state index contributed by atoms with van der Waals surface area (Å²) in [5, 5.41) is 15.3. The number of nitrogens with zero attached hydrogens (tertiary/aromatic N) is 2. The van der Waals surface area contributed by atoms with E-state index in [9.17, 15) is 14.7 Å². The smallest absolute Gasteiger partial charge is 0.343 e. The van der Waals surface area contributed by atoms with Crippen molar-refractivity contribution < 1.29 is 14.6 Å². The molecule has 0 saturated heterocycles. The first-order valence-corrected chi connectivity index (χ1v) is 11.3. The van der Waals surface area contributed by atoms with Gasteiger partial charge in [-0.05, 0) is 25.1 Å². The normalized spacial score (nSPS) is 18.2. The molecule has 0 amide bonds. The quantitative estimate of drug-likeness (QED) is 0.286. The lowest BCUT2D eigenvalue weighted by Gasteiger charge is -2.31. The predicted molar refractivity (Wildman–Crippen MR) is 125 cm³/mol. The van der Waals surface area contributed by atoms with Gasteiger partial charge in [-0.2, -0.15) is 0 Å². The molecule has 7 nitrogen and oxygen atoms in total. The highest BCUT2D eigenvalue weighted by Crippen LogP contribution is 2.39. The number of hydrogen-bond donors (Lipinski definition) is 2. The fourth-order valence-corrected chi connectivity index (χ4v) is 4.65. The summed E-state index contributed by atoms with van der Waals surface area (Å²) in [5.74, 6) is 5.86. The summed E-state index contributed by atoms with van der Waals surface area (Å²) in [6, 6.07) is 9.54. The average molecular weight is 444 g/mol. The SMILES string of the molecule is CCNCCC#Cc1c2c(nc3ccccc13)-c1cc3c(c(=O)n1C2)COC(=O)[C@]3(O)CC. The van der Waals surface area contributed by atoms with Crippen molar-refractivity contribution >= 4 is 16.9 Å². The molecule has 0 unspecified atom stereocenters. The van der Waals surface area contributed by atoms with Crippen molar-refractivity contribution in [1.29, 1.82) is 0 Å². The van der Waals surface area contributed by atoms with Crippen LogP contribution in [-0.4, -0.2) is 33.7 Å². The Morgan fingerprint density at radius 1 is 1.24 bits per heavy atom. The molecule has 0 spiro atoms. The highest BCUT2D eigenvalue weighted by molar-refractivity contribution is 5.91. The Hall–Kier alpha value is -3.47. The van der Waals surface area contributed by atoms with E-state index in [1.807, 2.05) is 24.3 Å². The summed E-state index contributed by atoms with van der Waals surface area (Å²) in [6.07, 6.45) is 0.825. The van der Waals surface area contributed by atoms with Crippen LogP contribution in [0.2, 0.25) is 0 Å². The van der Waals surface area contributed by atoms with Gasteiger partial charge in [0, 0.05) is 35.0 Å². The van der Waals surface area contributed by atoms with Crippen molar-refractivity contribution in [3.63, 3.8) is 0 Å². The number of aromatic nitrogens is 2. The Kier molecular flexibility index (Phi) is 5.28. The molecule has 2 aromatic heterocycles. The van der Waals surface area contributed by atoms with Crippen molar-refractivity contribution in [2.45, 2.75) is 45.4 Å². The van der Waals surface area contributed by atoms with Gasteiger partial charge >= 0.3 is 5.97 Å². The summed E-state index contributed by atoms with van der Waals surface area (Å²) < 4.78 is 6.80. The Balaban J connectivity index is 1.72. The molecule has 2 N–H and O–H groups in total. The molecule has 2 aliphatic rings. The van der Waals surface area contributed by atoms with E-state index >= 15 is 0 Å². The van der Waals surface area contributed by atoms with Gasteiger partial charge in [-0.15, -0.1) is 0 Å². The summed E-state index contributed by atoms with van der Waals surface area (Å²) in [5.41, 5.74) is 2.33. The molecule has 168 valence electrons. The lowest BCUT2D eigenvalue weighted by molar-refractivity contribution is -0.172. The highest BCUT2D eigenvalue weighted by Gasteiger charge is 2.45. The van der Waals surface area contributed by atoms with Crippen LogP contribution in [0.25, 0.3) is 22.3 Å². The van der Waals surface area contributed by atoms with E-state index in [2.05, 4.69) is 24.1 Å². The van der Waals surface area contributed by atoms with E-state index in [0.717, 1.165) is 35.1 Å². The van der Waals surface area contributed by atoms with Crippen LogP contribution >= 0.6 is 0 Å². The monoisotopic (exact) mass is 443 g/mol. The second-order valence-corrected chi connectivity index (χ2v) is 8.34. The molecule has 2 aliphatic heterocycles. The number of para-hydroxylation sites is 1. The minimum Gasteiger partial charge on any atom is -0.458 e. The van der Waals surface area contributed by atoms with Crippen LogP contribution in [0.15, 0.2) is 35.1 Å². The zero-order valence-electron chi connectivity index (χ0n) is 18.7. The average Bonchev–Trinajstić information content (AvgIpc) is 3.20. The van der Waals surface area contributed by atoms with Crippen molar-refractivity contribution in [2.75, 3.05) is 13.1 Å². The summed E-state index contributed by atoms with van der Waals surface area (Å²) in [4.78, 5) is 30.6. The summed E-state index contributed by atoms with van der Waals surface area (Å²) >= 11 is 0. The Morgan fingerprint density at radius 3 is 2.85 bits per heavy atom. The minimum atomic E-state index is -1.84. The molecular weight excluding hydrogens is 418 g/mol. The first-order valence-electron chi connectivity index (χ1n) is 11.3. The molecule has 0 radical (unpaired) electrons. The number of aliphatic hydroxyl groups is 1. The van der Waals surface area contributed by atoms with Gasteiger partial charge in [0.2, 0.25) is 0 Å². The Morgan fingerprint density at radius 2 is 2.06 bits per heavy atom. The molecule has 5 rings (SSSR count). The van der Waals surface area contributed by atoms with Crippen LogP contribution in [0, 0.1) is 11.8 Å². The van der Waals surface area contributed by atoms with Gasteiger partial charge < -0.3 is 19.7 Å². The van der Waals surface area contributed by atoms with Crippen LogP contribution in [0.1, 0.15) is 48.9 Å². The lowest BCUT2D eigenvalue weighted by atomic mass is 9.86. The van der Waals surface area contributed by atoms with Gasteiger partial charge in [0.1, 0.15) is 6.61 Å². The van der Waals surface area contributed by atoms with Gasteiger partial charge in [0.15, 0.2) is 5.60 Å². The molecule has 1 aromatic carbocycles. The minimum absolute atomic E-state index is 0.113. The number of esters is 1. The summed E-state index contributed by atoms with van der Waals surface area (Å²) in [7, 11) is 0. The molecule has 33 heavy (non-hydrogen) atoms. The first kappa shape index (κ1) is 21.4. The van der Waals surface area contributed by atoms with Gasteiger partial charge in [-0.1, -0.05) is 43.9 Å². The van der Waals surface area contributed by atoms with Crippen molar-refractivity contribution in [2.24, 2.45) is 0 Å². The fraction of sp³-hybridized carbons (Fsp3) is 0.346. The largest absolute Gasteiger partial charge is 0.458 e. The highest BCUT2D eigenvalue weighted by atomic mass is 16.6. The molecule has 1 atom stereocenters. The zero-order valence-corrected chi connectivity index (χ0v) is 18.7. The Labute approximate surface area is 191 Å². The third-order valence-corrected chi connectivity index (χ3v) is 6.49. The number of cyclic esters (lactones) is 1. The summed E-state index contributed by atoms with van der Waals surface area (Å²) in [6.45, 7) is 5.66. The number of rotatable bonds is 4. The number of fused-ring (bicyclic) bond motifs is 5. The van der Waals surface area contributed by atoms with E-state index in [1.165, 1.54) is 0 Å². The van der Waals surface area contributed by atoms with Crippen LogP contribution in [-0.2, 0) is 28.3 Å². The van der Waals surface area contributed by atoms with Gasteiger partial charge in [0.05, 0.1) is 29.0 Å². The van der Waals surface area contributed by atoms with Crippen molar-refractivity contribution in [1.82, 2.24) is 14.9 Å². The number of pyridine rings is 2. The molecule has 0 bridgehead atoms. The number of carbonyl (C=O) groups is 1. The van der Waals surface area contributed by atoms with Gasteiger partial charge in [-0.25, -0.2) is 9.78 Å². The van der Waals surface area contributed by atoms with E-state index < -0.39 is 11.6 Å². The topological polar surface area (TPSA) is 93.5 Å². The van der Waals surface area contributed by atoms with Crippen molar-refractivity contribution in [3.8, 4) is 23.2 Å².